The van der Waals surface area contributed by atoms with Gasteiger partial charge in [0.05, 0.1) is 5.75 Å². The van der Waals surface area contributed by atoms with Crippen molar-refractivity contribution in [2.45, 2.75) is 51.0 Å². The minimum absolute atomic E-state index is 0.0137. The third-order valence-corrected chi connectivity index (χ3v) is 5.73. The molecule has 5 heteroatoms. The first-order valence-electron chi connectivity index (χ1n) is 9.89. The number of nitrogens with one attached hydrogen (secondary N) is 2. The second-order valence-electron chi connectivity index (χ2n) is 7.70. The lowest BCUT2D eigenvalue weighted by Gasteiger charge is -2.10. The van der Waals surface area contributed by atoms with Crippen LogP contribution in [0.2, 0.25) is 0 Å². The van der Waals surface area contributed by atoms with E-state index in [0.717, 1.165) is 22.6 Å². The number of carbonyl (C=O) groups excluding carboxylic acids is 2. The molecular weight excluding hydrogens is 368 g/mol. The topological polar surface area (TPSA) is 58.2 Å². The van der Waals surface area contributed by atoms with Crippen LogP contribution in [0, 0.1) is 5.92 Å². The number of thioether (sulfide) groups is 1. The van der Waals surface area contributed by atoms with E-state index < -0.39 is 0 Å². The summed E-state index contributed by atoms with van der Waals surface area (Å²) in [6.07, 6.45) is 4.07. The second-order valence-corrected chi connectivity index (χ2v) is 8.74. The van der Waals surface area contributed by atoms with Gasteiger partial charge in [-0.2, -0.15) is 0 Å². The van der Waals surface area contributed by atoms with Gasteiger partial charge in [-0.1, -0.05) is 32.0 Å². The third kappa shape index (κ3) is 6.13. The predicted molar refractivity (Wildman–Crippen MR) is 116 cm³/mol. The molecule has 0 spiro atoms. The minimum atomic E-state index is 0.0137. The summed E-state index contributed by atoms with van der Waals surface area (Å²) in [6, 6.07) is 14.2. The van der Waals surface area contributed by atoms with Crippen LogP contribution in [0.15, 0.2) is 47.4 Å². The van der Waals surface area contributed by atoms with E-state index >= 15 is 0 Å². The molecule has 0 fully saturated rings. The molecule has 0 saturated carbocycles. The number of fused-ring (bicyclic) bond motifs is 1. The summed E-state index contributed by atoms with van der Waals surface area (Å²) in [5.74, 6) is 0.760. The zero-order valence-corrected chi connectivity index (χ0v) is 17.4. The fourth-order valence-corrected chi connectivity index (χ4v) is 4.17. The fraction of sp³-hybridized carbons (Fsp3) is 0.391. The van der Waals surface area contributed by atoms with Crippen LogP contribution in [0.25, 0.3) is 0 Å². The van der Waals surface area contributed by atoms with Crippen molar-refractivity contribution >= 4 is 29.3 Å². The monoisotopic (exact) mass is 396 g/mol. The molecule has 28 heavy (non-hydrogen) atoms. The fourth-order valence-electron chi connectivity index (χ4n) is 3.38. The van der Waals surface area contributed by atoms with Crippen LogP contribution in [0.4, 0.5) is 5.69 Å². The molecule has 0 unspecified atom stereocenters. The van der Waals surface area contributed by atoms with Gasteiger partial charge in [-0.25, -0.2) is 0 Å². The molecule has 2 N–H and O–H groups in total. The molecule has 0 radical (unpaired) electrons. The normalized spacial score (nSPS) is 12.7. The van der Waals surface area contributed by atoms with Gasteiger partial charge >= 0.3 is 0 Å². The van der Waals surface area contributed by atoms with Crippen LogP contribution in [0.1, 0.15) is 43.4 Å². The number of carbonyl (C=O) groups is 2. The Balaban J connectivity index is 1.45. The van der Waals surface area contributed by atoms with Crippen molar-refractivity contribution in [3.05, 3.63) is 59.2 Å². The highest BCUT2D eigenvalue weighted by Crippen LogP contribution is 2.27. The van der Waals surface area contributed by atoms with E-state index in [4.69, 9.17) is 0 Å². The molecule has 0 aliphatic heterocycles. The van der Waals surface area contributed by atoms with E-state index in [-0.39, 0.29) is 11.8 Å². The van der Waals surface area contributed by atoms with Gasteiger partial charge in [0.2, 0.25) is 11.8 Å². The Morgan fingerprint density at radius 3 is 2.68 bits per heavy atom. The lowest BCUT2D eigenvalue weighted by molar-refractivity contribution is -0.119. The van der Waals surface area contributed by atoms with Crippen LogP contribution < -0.4 is 10.6 Å². The molecule has 3 rings (SSSR count). The van der Waals surface area contributed by atoms with E-state index in [1.807, 2.05) is 38.1 Å². The first-order chi connectivity index (χ1) is 13.5. The minimum Gasteiger partial charge on any atom is -0.351 e. The Kier molecular flexibility index (Phi) is 7.15. The lowest BCUT2D eigenvalue weighted by atomic mass is 10.1. The molecule has 0 atom stereocenters. The molecule has 2 aromatic carbocycles. The van der Waals surface area contributed by atoms with E-state index in [1.54, 1.807) is 11.8 Å². The molecule has 2 amide bonds. The average Bonchev–Trinajstić information content (AvgIpc) is 3.12. The van der Waals surface area contributed by atoms with Crippen LogP contribution in [-0.2, 0) is 29.0 Å². The molecule has 4 nitrogen and oxygen atoms in total. The highest BCUT2D eigenvalue weighted by Gasteiger charge is 2.12. The second kappa shape index (κ2) is 9.78. The van der Waals surface area contributed by atoms with Crippen LogP contribution in [-0.4, -0.2) is 17.6 Å². The first kappa shape index (κ1) is 20.5. The quantitative estimate of drug-likeness (QED) is 0.643. The molecule has 0 heterocycles. The molecule has 1 aliphatic rings. The third-order valence-electron chi connectivity index (χ3n) is 4.73. The maximum atomic E-state index is 12.2. The van der Waals surface area contributed by atoms with Crippen LogP contribution >= 0.6 is 11.8 Å². The Hall–Kier alpha value is -2.27. The number of amides is 2. The van der Waals surface area contributed by atoms with E-state index in [0.29, 0.717) is 24.6 Å². The molecule has 2 aromatic rings. The molecule has 0 bridgehead atoms. The average molecular weight is 397 g/mol. The Morgan fingerprint density at radius 1 is 1.04 bits per heavy atom. The SMILES string of the molecule is CC(C)CC(=O)Nc1cccc(CNC(=O)CSc2ccc3c(c2)CCC3)c1. The predicted octanol–water partition coefficient (Wildman–Crippen LogP) is 4.57. The number of rotatable bonds is 8. The number of aryl methyl sites for hydroxylation is 2. The molecule has 1 aliphatic carbocycles. The summed E-state index contributed by atoms with van der Waals surface area (Å²) in [5, 5.41) is 5.87. The first-order valence-corrected chi connectivity index (χ1v) is 10.9. The number of hydrogen-bond acceptors (Lipinski definition) is 3. The van der Waals surface area contributed by atoms with Crippen molar-refractivity contribution in [1.82, 2.24) is 5.32 Å². The lowest BCUT2D eigenvalue weighted by Crippen LogP contribution is -2.24. The Morgan fingerprint density at radius 2 is 1.86 bits per heavy atom. The Labute approximate surface area is 171 Å². The highest BCUT2D eigenvalue weighted by molar-refractivity contribution is 8.00. The van der Waals surface area contributed by atoms with Gasteiger partial charge in [-0.3, -0.25) is 9.59 Å². The van der Waals surface area contributed by atoms with E-state index in [2.05, 4.69) is 28.8 Å². The van der Waals surface area contributed by atoms with E-state index in [1.165, 1.54) is 24.0 Å². The van der Waals surface area contributed by atoms with Crippen LogP contribution in [0.5, 0.6) is 0 Å². The highest BCUT2D eigenvalue weighted by atomic mass is 32.2. The standard InChI is InChI=1S/C23H28N2O2S/c1-16(2)11-22(26)25-20-8-3-5-17(12-20)14-24-23(27)15-28-21-10-9-18-6-4-7-19(18)13-21/h3,5,8-10,12-13,16H,4,6-7,11,14-15H2,1-2H3,(H,24,27)(H,25,26). The molecular formula is C23H28N2O2S. The maximum absolute atomic E-state index is 12.2. The van der Waals surface area contributed by atoms with Crippen molar-refractivity contribution in [1.29, 1.82) is 0 Å². The van der Waals surface area contributed by atoms with Gasteiger partial charge in [0.25, 0.3) is 0 Å². The Bertz CT molecular complexity index is 848. The van der Waals surface area contributed by atoms with Crippen LogP contribution in [0.3, 0.4) is 0 Å². The van der Waals surface area contributed by atoms with Gasteiger partial charge in [0.15, 0.2) is 0 Å². The van der Waals surface area contributed by atoms with Crippen molar-refractivity contribution in [3.63, 3.8) is 0 Å². The van der Waals surface area contributed by atoms with Crippen molar-refractivity contribution < 1.29 is 9.59 Å². The summed E-state index contributed by atoms with van der Waals surface area (Å²) in [4.78, 5) is 25.3. The summed E-state index contributed by atoms with van der Waals surface area (Å²) in [6.45, 7) is 4.50. The largest absolute Gasteiger partial charge is 0.351 e. The number of anilines is 1. The summed E-state index contributed by atoms with van der Waals surface area (Å²) >= 11 is 1.58. The molecule has 0 aromatic heterocycles. The van der Waals surface area contributed by atoms with Gasteiger partial charge in [-0.05, 0) is 66.1 Å². The maximum Gasteiger partial charge on any atom is 0.230 e. The number of benzene rings is 2. The zero-order chi connectivity index (χ0) is 19.9. The van der Waals surface area contributed by atoms with Gasteiger partial charge < -0.3 is 10.6 Å². The zero-order valence-electron chi connectivity index (χ0n) is 16.6. The van der Waals surface area contributed by atoms with Gasteiger partial charge in [0.1, 0.15) is 0 Å². The number of hydrogen-bond donors (Lipinski definition) is 2. The molecule has 0 saturated heterocycles. The summed E-state index contributed by atoms with van der Waals surface area (Å²) in [7, 11) is 0. The van der Waals surface area contributed by atoms with Gasteiger partial charge in [0, 0.05) is 23.5 Å². The summed E-state index contributed by atoms with van der Waals surface area (Å²) in [5.41, 5.74) is 4.62. The van der Waals surface area contributed by atoms with E-state index in [9.17, 15) is 9.59 Å². The van der Waals surface area contributed by atoms with Gasteiger partial charge in [-0.15, -0.1) is 11.8 Å². The van der Waals surface area contributed by atoms with Crippen molar-refractivity contribution in [2.24, 2.45) is 5.92 Å². The molecule has 148 valence electrons. The van der Waals surface area contributed by atoms with Crippen molar-refractivity contribution in [3.8, 4) is 0 Å². The summed E-state index contributed by atoms with van der Waals surface area (Å²) < 4.78 is 0. The van der Waals surface area contributed by atoms with Crippen molar-refractivity contribution in [2.75, 3.05) is 11.1 Å². The smallest absolute Gasteiger partial charge is 0.230 e.